The Kier molecular flexibility index (Phi) is 23.9. The normalized spacial score (nSPS) is 11.5. The van der Waals surface area contributed by atoms with E-state index in [1.807, 2.05) is 98.8 Å². The molecule has 0 atom stereocenters. The highest BCUT2D eigenvalue weighted by atomic mass is 32.2. The monoisotopic (exact) mass is 823 g/mol. The molecule has 0 unspecified atom stereocenters. The van der Waals surface area contributed by atoms with Crippen LogP contribution in [0.25, 0.3) is 0 Å². The molecule has 0 heterocycles. The first-order valence-corrected chi connectivity index (χ1v) is 23.5. The van der Waals surface area contributed by atoms with Crippen LogP contribution in [0.4, 0.5) is 22.7 Å². The number of unbranched alkanes of at least 4 members (excludes halogenated alkanes) is 14. The molecule has 0 amide bonds. The second kappa shape index (κ2) is 29.8. The molecule has 8 nitrogen and oxygen atoms in total. The zero-order valence-corrected chi connectivity index (χ0v) is 37.3. The fourth-order valence-corrected chi connectivity index (χ4v) is 7.72. The Balaban J connectivity index is 0.871. The molecular formula is C50H70N4O4S. The van der Waals surface area contributed by atoms with Crippen molar-refractivity contribution < 1.29 is 18.9 Å². The molecule has 0 bridgehead atoms. The Morgan fingerprint density at radius 2 is 0.695 bits per heavy atom. The SMILES string of the molecule is CCOc1ccc(N=Nc2ccc(OCCCCCCCCCCSCCCCCCCCCCOc3ccc(N=Nc4ccc(OCC)cc4)cc3C)c(C)c2)cc1. The van der Waals surface area contributed by atoms with E-state index in [1.165, 1.54) is 101 Å². The lowest BCUT2D eigenvalue weighted by Gasteiger charge is -2.09. The fraction of sp³-hybridized carbons (Fsp3) is 0.520. The topological polar surface area (TPSA) is 86.4 Å². The molecule has 0 saturated carbocycles. The van der Waals surface area contributed by atoms with E-state index in [0.29, 0.717) is 13.2 Å². The molecule has 0 aliphatic rings. The first kappa shape index (κ1) is 47.3. The van der Waals surface area contributed by atoms with E-state index in [1.54, 1.807) is 0 Å². The van der Waals surface area contributed by atoms with Gasteiger partial charge in [0.1, 0.15) is 23.0 Å². The van der Waals surface area contributed by atoms with Crippen LogP contribution in [0, 0.1) is 13.8 Å². The van der Waals surface area contributed by atoms with Gasteiger partial charge in [-0.25, -0.2) is 0 Å². The molecule has 0 aromatic heterocycles. The van der Waals surface area contributed by atoms with E-state index in [4.69, 9.17) is 18.9 Å². The Labute approximate surface area is 360 Å². The van der Waals surface area contributed by atoms with Gasteiger partial charge in [-0.15, -0.1) is 0 Å². The van der Waals surface area contributed by atoms with Crippen LogP contribution in [0.5, 0.6) is 23.0 Å². The van der Waals surface area contributed by atoms with Gasteiger partial charge >= 0.3 is 0 Å². The van der Waals surface area contributed by atoms with Crippen LogP contribution >= 0.6 is 11.8 Å². The zero-order chi connectivity index (χ0) is 41.6. The van der Waals surface area contributed by atoms with Gasteiger partial charge in [0.15, 0.2) is 0 Å². The van der Waals surface area contributed by atoms with E-state index in [-0.39, 0.29) is 0 Å². The van der Waals surface area contributed by atoms with E-state index < -0.39 is 0 Å². The van der Waals surface area contributed by atoms with Gasteiger partial charge < -0.3 is 18.9 Å². The van der Waals surface area contributed by atoms with Crippen molar-refractivity contribution in [2.24, 2.45) is 20.5 Å². The van der Waals surface area contributed by atoms with E-state index in [0.717, 1.165) is 82.9 Å². The molecule has 0 aliphatic carbocycles. The molecule has 4 aromatic rings. The first-order chi connectivity index (χ1) is 29.0. The summed E-state index contributed by atoms with van der Waals surface area (Å²) in [5.41, 5.74) is 5.43. The summed E-state index contributed by atoms with van der Waals surface area (Å²) >= 11 is 2.16. The maximum absolute atomic E-state index is 6.07. The van der Waals surface area contributed by atoms with E-state index in [9.17, 15) is 0 Å². The predicted molar refractivity (Wildman–Crippen MR) is 248 cm³/mol. The second-order valence-corrected chi connectivity index (χ2v) is 16.3. The smallest absolute Gasteiger partial charge is 0.122 e. The molecule has 59 heavy (non-hydrogen) atoms. The number of hydrogen-bond donors (Lipinski definition) is 0. The van der Waals surface area contributed by atoms with Gasteiger partial charge in [-0.3, -0.25) is 0 Å². The number of benzene rings is 4. The summed E-state index contributed by atoms with van der Waals surface area (Å²) < 4.78 is 23.1. The third kappa shape index (κ3) is 20.4. The maximum atomic E-state index is 6.07. The number of rotatable bonds is 32. The standard InChI is InChI=1S/C50H70N4O4S/c1-5-55-47-29-23-43(24-30-47)51-53-45-27-33-49(41(3)39-45)57-35-19-15-11-7-9-13-17-21-37-59-38-22-18-14-10-8-12-16-20-36-58-50-34-28-46(40-42(50)4)54-52-44-25-31-48(32-26-44)56-6-2/h23-34,39-40H,5-22,35-38H2,1-4H3. The molecule has 0 saturated heterocycles. The highest BCUT2D eigenvalue weighted by molar-refractivity contribution is 7.99. The quantitative estimate of drug-likeness (QED) is 0.0362. The Hall–Kier alpha value is -4.37. The number of azo groups is 2. The number of aryl methyl sites for hydroxylation is 2. The van der Waals surface area contributed by atoms with Crippen molar-refractivity contribution >= 4 is 34.5 Å². The lowest BCUT2D eigenvalue weighted by molar-refractivity contribution is 0.302. The number of hydrogen-bond acceptors (Lipinski definition) is 9. The number of nitrogens with zero attached hydrogens (tertiary/aromatic N) is 4. The third-order valence-electron chi connectivity index (χ3n) is 10.1. The molecule has 320 valence electrons. The molecule has 0 spiro atoms. The molecular weight excluding hydrogens is 753 g/mol. The van der Waals surface area contributed by atoms with Gasteiger partial charge in [0, 0.05) is 0 Å². The van der Waals surface area contributed by atoms with Crippen molar-refractivity contribution in [2.45, 2.75) is 130 Å². The summed E-state index contributed by atoms with van der Waals surface area (Å²) in [6.45, 7) is 10.9. The Bertz CT molecular complexity index is 1640. The summed E-state index contributed by atoms with van der Waals surface area (Å²) in [5.74, 6) is 6.21. The molecule has 0 N–H and O–H groups in total. The fourth-order valence-electron chi connectivity index (χ4n) is 6.70. The minimum absolute atomic E-state index is 0.653. The van der Waals surface area contributed by atoms with Gasteiger partial charge in [-0.05, 0) is 161 Å². The lowest BCUT2D eigenvalue weighted by atomic mass is 10.1. The van der Waals surface area contributed by atoms with E-state index in [2.05, 4.69) is 46.1 Å². The molecule has 0 aliphatic heterocycles. The second-order valence-electron chi connectivity index (χ2n) is 15.1. The van der Waals surface area contributed by atoms with Crippen molar-refractivity contribution in [2.75, 3.05) is 37.9 Å². The highest BCUT2D eigenvalue weighted by Gasteiger charge is 2.04. The van der Waals surface area contributed by atoms with Crippen LogP contribution < -0.4 is 18.9 Å². The minimum Gasteiger partial charge on any atom is -0.494 e. The third-order valence-corrected chi connectivity index (χ3v) is 11.2. The summed E-state index contributed by atoms with van der Waals surface area (Å²) in [4.78, 5) is 0. The lowest BCUT2D eigenvalue weighted by Crippen LogP contribution is -1.98. The largest absolute Gasteiger partial charge is 0.494 e. The Morgan fingerprint density at radius 1 is 0.373 bits per heavy atom. The molecule has 4 rings (SSSR count). The highest BCUT2D eigenvalue weighted by Crippen LogP contribution is 2.28. The van der Waals surface area contributed by atoms with Gasteiger partial charge in [0.2, 0.25) is 0 Å². The first-order valence-electron chi connectivity index (χ1n) is 22.4. The average molecular weight is 823 g/mol. The Morgan fingerprint density at radius 3 is 1.05 bits per heavy atom. The number of ether oxygens (including phenoxy) is 4. The van der Waals surface area contributed by atoms with E-state index >= 15 is 0 Å². The molecule has 4 aromatic carbocycles. The van der Waals surface area contributed by atoms with Crippen LogP contribution in [-0.2, 0) is 0 Å². The van der Waals surface area contributed by atoms with Crippen molar-refractivity contribution in [3.8, 4) is 23.0 Å². The predicted octanol–water partition coefficient (Wildman–Crippen LogP) is 16.4. The molecule has 0 radical (unpaired) electrons. The summed E-state index contributed by atoms with van der Waals surface area (Å²) in [6, 6.07) is 27.3. The number of thioether (sulfide) groups is 1. The van der Waals surface area contributed by atoms with Crippen LogP contribution in [0.2, 0.25) is 0 Å². The van der Waals surface area contributed by atoms with Crippen LogP contribution in [0.1, 0.15) is 128 Å². The van der Waals surface area contributed by atoms with Gasteiger partial charge in [-0.2, -0.15) is 32.2 Å². The van der Waals surface area contributed by atoms with Crippen LogP contribution in [0.15, 0.2) is 105 Å². The summed E-state index contributed by atoms with van der Waals surface area (Å²) in [7, 11) is 0. The summed E-state index contributed by atoms with van der Waals surface area (Å²) in [5, 5.41) is 17.5. The maximum Gasteiger partial charge on any atom is 0.122 e. The molecule has 9 heteroatoms. The van der Waals surface area contributed by atoms with Crippen molar-refractivity contribution in [3.63, 3.8) is 0 Å². The zero-order valence-electron chi connectivity index (χ0n) is 36.5. The van der Waals surface area contributed by atoms with Crippen LogP contribution in [0.3, 0.4) is 0 Å². The molecule has 0 fully saturated rings. The van der Waals surface area contributed by atoms with Crippen LogP contribution in [-0.4, -0.2) is 37.9 Å². The van der Waals surface area contributed by atoms with Crippen molar-refractivity contribution in [3.05, 3.63) is 96.1 Å². The summed E-state index contributed by atoms with van der Waals surface area (Å²) in [6.07, 6.45) is 20.9. The average Bonchev–Trinajstić information content (AvgIpc) is 3.25. The van der Waals surface area contributed by atoms with Crippen molar-refractivity contribution in [1.82, 2.24) is 0 Å². The van der Waals surface area contributed by atoms with Crippen molar-refractivity contribution in [1.29, 1.82) is 0 Å². The van der Waals surface area contributed by atoms with Gasteiger partial charge in [0.05, 0.1) is 49.2 Å². The van der Waals surface area contributed by atoms with Gasteiger partial charge in [0.25, 0.3) is 0 Å². The van der Waals surface area contributed by atoms with Gasteiger partial charge in [-0.1, -0.05) is 77.0 Å². The minimum atomic E-state index is 0.653.